The Labute approximate surface area is 177 Å². The molecule has 0 fully saturated rings. The lowest BCUT2D eigenvalue weighted by molar-refractivity contribution is 0.0699. The highest BCUT2D eigenvalue weighted by Gasteiger charge is 2.14. The van der Waals surface area contributed by atoms with Crippen molar-refractivity contribution in [3.63, 3.8) is 0 Å². The van der Waals surface area contributed by atoms with E-state index in [4.69, 9.17) is 27.9 Å². The van der Waals surface area contributed by atoms with Gasteiger partial charge in [0, 0.05) is 10.9 Å². The largest absolute Gasteiger partial charge is 0.497 e. The Morgan fingerprint density at radius 3 is 2.17 bits per heavy atom. The van der Waals surface area contributed by atoms with E-state index in [0.717, 1.165) is 22.4 Å². The summed E-state index contributed by atoms with van der Waals surface area (Å²) in [4.78, 5) is 16.6. The van der Waals surface area contributed by atoms with Crippen LogP contribution < -0.4 is 4.74 Å². The minimum Gasteiger partial charge on any atom is -0.497 e. The molecule has 1 aromatic heterocycles. The van der Waals surface area contributed by atoms with Crippen molar-refractivity contribution < 1.29 is 14.6 Å². The zero-order chi connectivity index (χ0) is 20.5. The fraction of sp³-hybridized carbons (Fsp3) is 0.0435. The van der Waals surface area contributed by atoms with Gasteiger partial charge in [-0.2, -0.15) is 0 Å². The average Bonchev–Trinajstić information content (AvgIpc) is 2.74. The highest BCUT2D eigenvalue weighted by molar-refractivity contribution is 6.42. The van der Waals surface area contributed by atoms with Gasteiger partial charge in [-0.25, -0.2) is 9.78 Å². The van der Waals surface area contributed by atoms with Gasteiger partial charge in [0.2, 0.25) is 0 Å². The van der Waals surface area contributed by atoms with E-state index in [0.29, 0.717) is 26.6 Å². The monoisotopic (exact) mass is 423 g/mol. The summed E-state index contributed by atoms with van der Waals surface area (Å²) in [6.45, 7) is 0. The molecule has 0 saturated heterocycles. The Morgan fingerprint density at radius 1 is 0.862 bits per heavy atom. The summed E-state index contributed by atoms with van der Waals surface area (Å²) in [6.07, 6.45) is 0. The topological polar surface area (TPSA) is 59.4 Å². The van der Waals surface area contributed by atoms with Crippen molar-refractivity contribution in [2.45, 2.75) is 0 Å². The second-order valence-corrected chi connectivity index (χ2v) is 7.26. The first-order chi connectivity index (χ1) is 14.0. The maximum atomic E-state index is 12.0. The molecule has 0 aliphatic heterocycles. The fourth-order valence-corrected chi connectivity index (χ4v) is 3.47. The molecule has 0 bridgehead atoms. The van der Waals surface area contributed by atoms with E-state index >= 15 is 0 Å². The number of hydrogen-bond donors (Lipinski definition) is 1. The maximum absolute atomic E-state index is 12.0. The van der Waals surface area contributed by atoms with Crippen molar-refractivity contribution in [3.8, 4) is 28.1 Å². The first kappa shape index (κ1) is 19.2. The standard InChI is InChI=1S/C23H15Cl2NO3/c1-29-16-6-2-13(3-7-16)22-12-18(23(27)28)17-10-14(5-9-21(17)26-22)15-4-8-19(24)20(25)11-15/h2-12H,1H3,(H,27,28). The number of nitrogens with zero attached hydrogens (tertiary/aromatic N) is 1. The summed E-state index contributed by atoms with van der Waals surface area (Å²) < 4.78 is 5.18. The molecule has 4 nitrogen and oxygen atoms in total. The second-order valence-electron chi connectivity index (χ2n) is 6.45. The van der Waals surface area contributed by atoms with Crippen molar-refractivity contribution in [3.05, 3.63) is 82.3 Å². The van der Waals surface area contributed by atoms with Crippen LogP contribution in [0.15, 0.2) is 66.7 Å². The van der Waals surface area contributed by atoms with Gasteiger partial charge in [0.05, 0.1) is 33.9 Å². The summed E-state index contributed by atoms with van der Waals surface area (Å²) in [5, 5.41) is 11.3. The molecule has 0 amide bonds. The zero-order valence-electron chi connectivity index (χ0n) is 15.3. The number of rotatable bonds is 4. The van der Waals surface area contributed by atoms with E-state index in [9.17, 15) is 9.90 Å². The predicted octanol–water partition coefficient (Wildman–Crippen LogP) is 6.58. The fourth-order valence-electron chi connectivity index (χ4n) is 3.17. The Kier molecular flexibility index (Phi) is 5.14. The van der Waals surface area contributed by atoms with Gasteiger partial charge in [-0.1, -0.05) is 35.3 Å². The number of carboxylic acid groups (broad SMARTS) is 1. The molecule has 0 atom stereocenters. The van der Waals surface area contributed by atoms with E-state index in [1.54, 1.807) is 25.3 Å². The normalized spacial score (nSPS) is 10.9. The Bertz CT molecular complexity index is 1240. The summed E-state index contributed by atoms with van der Waals surface area (Å²) in [5.41, 5.74) is 3.85. The average molecular weight is 424 g/mol. The number of fused-ring (bicyclic) bond motifs is 1. The van der Waals surface area contributed by atoms with Crippen LogP contribution >= 0.6 is 23.2 Å². The third-order valence-electron chi connectivity index (χ3n) is 4.68. The van der Waals surface area contributed by atoms with Crippen LogP contribution in [0.4, 0.5) is 0 Å². The van der Waals surface area contributed by atoms with Gasteiger partial charge in [0.15, 0.2) is 0 Å². The van der Waals surface area contributed by atoms with Gasteiger partial charge in [-0.15, -0.1) is 0 Å². The van der Waals surface area contributed by atoms with Gasteiger partial charge >= 0.3 is 5.97 Å². The number of carboxylic acids is 1. The molecular weight excluding hydrogens is 409 g/mol. The van der Waals surface area contributed by atoms with Gasteiger partial charge in [0.25, 0.3) is 0 Å². The molecule has 0 spiro atoms. The number of benzene rings is 3. The first-order valence-electron chi connectivity index (χ1n) is 8.74. The van der Waals surface area contributed by atoms with Crippen molar-refractivity contribution in [1.82, 2.24) is 4.98 Å². The van der Waals surface area contributed by atoms with Gasteiger partial charge in [0.1, 0.15) is 5.75 Å². The van der Waals surface area contributed by atoms with Crippen LogP contribution in [0.5, 0.6) is 5.75 Å². The van der Waals surface area contributed by atoms with E-state index in [-0.39, 0.29) is 5.56 Å². The van der Waals surface area contributed by atoms with Crippen LogP contribution in [-0.2, 0) is 0 Å². The van der Waals surface area contributed by atoms with E-state index in [2.05, 4.69) is 4.98 Å². The second kappa shape index (κ2) is 7.74. The Hall–Kier alpha value is -3.08. The minimum atomic E-state index is -1.02. The molecule has 4 rings (SSSR count). The van der Waals surface area contributed by atoms with Crippen LogP contribution in [0.3, 0.4) is 0 Å². The molecular formula is C23H15Cl2NO3. The molecule has 144 valence electrons. The Morgan fingerprint density at radius 2 is 1.52 bits per heavy atom. The SMILES string of the molecule is COc1ccc(-c2cc(C(=O)O)c3cc(-c4ccc(Cl)c(Cl)c4)ccc3n2)cc1. The molecule has 29 heavy (non-hydrogen) atoms. The molecule has 6 heteroatoms. The number of aromatic nitrogens is 1. The lowest BCUT2D eigenvalue weighted by Crippen LogP contribution is -2.00. The Balaban J connectivity index is 1.87. The number of carbonyl (C=O) groups is 1. The number of methoxy groups -OCH3 is 1. The van der Waals surface area contributed by atoms with Crippen molar-refractivity contribution >= 4 is 40.1 Å². The van der Waals surface area contributed by atoms with Crippen molar-refractivity contribution in [1.29, 1.82) is 0 Å². The molecule has 1 N–H and O–H groups in total. The van der Waals surface area contributed by atoms with Crippen molar-refractivity contribution in [2.75, 3.05) is 7.11 Å². The summed E-state index contributed by atoms with van der Waals surface area (Å²) in [5.74, 6) is -0.294. The molecule has 0 unspecified atom stereocenters. The quantitative estimate of drug-likeness (QED) is 0.402. The van der Waals surface area contributed by atoms with Crippen LogP contribution in [-0.4, -0.2) is 23.2 Å². The number of pyridine rings is 1. The van der Waals surface area contributed by atoms with E-state index < -0.39 is 5.97 Å². The van der Waals surface area contributed by atoms with E-state index in [1.807, 2.05) is 48.5 Å². The van der Waals surface area contributed by atoms with Crippen molar-refractivity contribution in [2.24, 2.45) is 0 Å². The molecule has 1 heterocycles. The molecule has 0 radical (unpaired) electrons. The third-order valence-corrected chi connectivity index (χ3v) is 5.42. The first-order valence-corrected chi connectivity index (χ1v) is 9.50. The lowest BCUT2D eigenvalue weighted by atomic mass is 9.99. The summed E-state index contributed by atoms with van der Waals surface area (Å²) in [6, 6.07) is 19.7. The molecule has 0 aliphatic rings. The van der Waals surface area contributed by atoms with Crippen LogP contribution in [0, 0.1) is 0 Å². The molecule has 0 aliphatic carbocycles. The smallest absolute Gasteiger partial charge is 0.336 e. The minimum absolute atomic E-state index is 0.183. The number of halogens is 2. The van der Waals surface area contributed by atoms with Gasteiger partial charge in [-0.3, -0.25) is 0 Å². The highest BCUT2D eigenvalue weighted by atomic mass is 35.5. The number of hydrogen-bond acceptors (Lipinski definition) is 3. The van der Waals surface area contributed by atoms with Gasteiger partial charge in [-0.05, 0) is 65.7 Å². The zero-order valence-corrected chi connectivity index (χ0v) is 16.8. The molecule has 0 saturated carbocycles. The summed E-state index contributed by atoms with van der Waals surface area (Å²) >= 11 is 12.1. The van der Waals surface area contributed by atoms with Crippen LogP contribution in [0.1, 0.15) is 10.4 Å². The van der Waals surface area contributed by atoms with E-state index in [1.165, 1.54) is 0 Å². The van der Waals surface area contributed by atoms with Gasteiger partial charge < -0.3 is 9.84 Å². The molecule has 4 aromatic rings. The maximum Gasteiger partial charge on any atom is 0.336 e. The molecule has 3 aromatic carbocycles. The summed E-state index contributed by atoms with van der Waals surface area (Å²) in [7, 11) is 1.59. The number of ether oxygens (including phenoxy) is 1. The third kappa shape index (κ3) is 3.77. The van der Waals surface area contributed by atoms with Crippen LogP contribution in [0.2, 0.25) is 10.0 Å². The highest BCUT2D eigenvalue weighted by Crippen LogP contribution is 2.32. The predicted molar refractivity (Wildman–Crippen MR) is 116 cm³/mol. The number of aromatic carboxylic acids is 1. The lowest BCUT2D eigenvalue weighted by Gasteiger charge is -2.10. The van der Waals surface area contributed by atoms with Crippen LogP contribution in [0.25, 0.3) is 33.3 Å².